The van der Waals surface area contributed by atoms with E-state index in [4.69, 9.17) is 0 Å². The molecule has 0 spiro atoms. The van der Waals surface area contributed by atoms with Gasteiger partial charge in [0.25, 0.3) is 0 Å². The van der Waals surface area contributed by atoms with E-state index in [9.17, 15) is 9.59 Å². The summed E-state index contributed by atoms with van der Waals surface area (Å²) in [4.78, 5) is 38.3. The third-order valence-electron chi connectivity index (χ3n) is 8.33. The van der Waals surface area contributed by atoms with E-state index in [1.165, 1.54) is 22.1 Å². The molecular formula is C32H30N4O2. The Bertz CT molecular complexity index is 1650. The zero-order valence-corrected chi connectivity index (χ0v) is 21.2. The molecule has 5 aromatic rings. The largest absolute Gasteiger partial charge is 0.361 e. The van der Waals surface area contributed by atoms with Crippen LogP contribution in [0.25, 0.3) is 21.8 Å². The van der Waals surface area contributed by atoms with E-state index in [2.05, 4.69) is 58.5 Å². The number of benzene rings is 3. The second-order valence-electron chi connectivity index (χ2n) is 10.5. The van der Waals surface area contributed by atoms with E-state index in [1.54, 1.807) is 4.90 Å². The Kier molecular flexibility index (Phi) is 5.54. The molecule has 0 saturated carbocycles. The maximum absolute atomic E-state index is 13.9. The highest BCUT2D eigenvalue weighted by Gasteiger charge is 2.47. The van der Waals surface area contributed by atoms with Crippen LogP contribution in [0.3, 0.4) is 0 Å². The van der Waals surface area contributed by atoms with Crippen molar-refractivity contribution in [1.29, 1.82) is 0 Å². The summed E-state index contributed by atoms with van der Waals surface area (Å²) in [6.07, 6.45) is 4.90. The lowest BCUT2D eigenvalue weighted by Gasteiger charge is -2.47. The number of rotatable bonds is 6. The van der Waals surface area contributed by atoms with Crippen molar-refractivity contribution >= 4 is 33.6 Å². The Balaban J connectivity index is 1.19. The van der Waals surface area contributed by atoms with Crippen LogP contribution in [-0.4, -0.2) is 50.7 Å². The molecule has 6 nitrogen and oxygen atoms in total. The topological polar surface area (TPSA) is 72.2 Å². The smallest absolute Gasteiger partial charge is 0.246 e. The molecule has 2 aromatic heterocycles. The number of aromatic amines is 2. The first kappa shape index (κ1) is 22.8. The van der Waals surface area contributed by atoms with Gasteiger partial charge < -0.3 is 19.8 Å². The monoisotopic (exact) mass is 502 g/mol. The quantitative estimate of drug-likeness (QED) is 0.337. The number of aryl methyl sites for hydroxylation is 1. The Morgan fingerprint density at radius 2 is 1.55 bits per heavy atom. The van der Waals surface area contributed by atoms with Gasteiger partial charge in [0.1, 0.15) is 6.04 Å². The summed E-state index contributed by atoms with van der Waals surface area (Å²) in [7, 11) is 0. The van der Waals surface area contributed by atoms with Crippen LogP contribution in [0.5, 0.6) is 0 Å². The van der Waals surface area contributed by atoms with Gasteiger partial charge in [-0.1, -0.05) is 66.7 Å². The molecule has 0 aliphatic carbocycles. The first-order valence-electron chi connectivity index (χ1n) is 13.5. The lowest BCUT2D eigenvalue weighted by molar-refractivity contribution is -0.159. The Morgan fingerprint density at radius 3 is 2.39 bits per heavy atom. The maximum atomic E-state index is 13.9. The number of hydrogen-bond acceptors (Lipinski definition) is 2. The van der Waals surface area contributed by atoms with E-state index in [0.29, 0.717) is 19.4 Å². The molecule has 2 aliphatic heterocycles. The highest BCUT2D eigenvalue weighted by atomic mass is 16.2. The van der Waals surface area contributed by atoms with E-state index in [1.807, 2.05) is 41.4 Å². The van der Waals surface area contributed by atoms with Crippen LogP contribution in [0.15, 0.2) is 85.1 Å². The molecule has 3 aromatic carbocycles. The molecule has 6 heteroatoms. The third kappa shape index (κ3) is 3.79. The van der Waals surface area contributed by atoms with Crippen molar-refractivity contribution in [1.82, 2.24) is 19.8 Å². The maximum Gasteiger partial charge on any atom is 0.246 e. The van der Waals surface area contributed by atoms with Crippen molar-refractivity contribution in [3.05, 3.63) is 107 Å². The fourth-order valence-electron chi connectivity index (χ4n) is 6.48. The first-order valence-corrected chi connectivity index (χ1v) is 13.5. The van der Waals surface area contributed by atoms with Gasteiger partial charge in [0.05, 0.1) is 12.6 Å². The van der Waals surface area contributed by atoms with Crippen LogP contribution in [0.4, 0.5) is 0 Å². The number of fused-ring (bicyclic) bond motifs is 5. The van der Waals surface area contributed by atoms with Gasteiger partial charge in [-0.15, -0.1) is 0 Å². The normalized spacial score (nSPS) is 19.3. The lowest BCUT2D eigenvalue weighted by atomic mass is 9.86. The third-order valence-corrected chi connectivity index (χ3v) is 8.33. The fourth-order valence-corrected chi connectivity index (χ4v) is 6.48. The first-order chi connectivity index (χ1) is 18.7. The van der Waals surface area contributed by atoms with Crippen LogP contribution in [0.1, 0.15) is 34.8 Å². The highest BCUT2D eigenvalue weighted by molar-refractivity contribution is 5.97. The van der Waals surface area contributed by atoms with Crippen LogP contribution >= 0.6 is 0 Å². The standard InChI is InChI=1S/C32H30N4O2/c37-30-20-35(17-16-22-19-33-26-12-6-4-10-23(22)26)32(38)29-18-25-24-11-5-7-13-27(24)34-31(25)28(36(29)30)15-14-21-8-2-1-3-9-21/h1-13,19,28-29,33-34H,14-18,20H2/t28?,29-/m0/s1. The van der Waals surface area contributed by atoms with E-state index in [0.717, 1.165) is 35.0 Å². The molecule has 38 heavy (non-hydrogen) atoms. The minimum Gasteiger partial charge on any atom is -0.361 e. The van der Waals surface area contributed by atoms with Crippen LogP contribution in [-0.2, 0) is 28.9 Å². The minimum atomic E-state index is -0.466. The summed E-state index contributed by atoms with van der Waals surface area (Å²) in [5, 5.41) is 2.33. The number of carbonyl (C=O) groups excluding carboxylic acids is 2. The second-order valence-corrected chi connectivity index (χ2v) is 10.5. The van der Waals surface area contributed by atoms with Gasteiger partial charge >= 0.3 is 0 Å². The van der Waals surface area contributed by atoms with E-state index < -0.39 is 6.04 Å². The summed E-state index contributed by atoms with van der Waals surface area (Å²) in [5.74, 6) is 0.0981. The van der Waals surface area contributed by atoms with Crippen molar-refractivity contribution in [2.45, 2.75) is 37.8 Å². The average molecular weight is 503 g/mol. The predicted octanol–water partition coefficient (Wildman–Crippen LogP) is 5.16. The summed E-state index contributed by atoms with van der Waals surface area (Å²) in [6, 6.07) is 26.2. The van der Waals surface area contributed by atoms with Gasteiger partial charge in [-0.05, 0) is 48.1 Å². The highest BCUT2D eigenvalue weighted by Crippen LogP contribution is 2.41. The van der Waals surface area contributed by atoms with Crippen molar-refractivity contribution < 1.29 is 9.59 Å². The lowest BCUT2D eigenvalue weighted by Crippen LogP contribution is -2.63. The second kappa shape index (κ2) is 9.21. The van der Waals surface area contributed by atoms with Crippen molar-refractivity contribution in [3.8, 4) is 0 Å². The number of nitrogens with zero attached hydrogens (tertiary/aromatic N) is 2. The SMILES string of the molecule is O=C1[C@@H]2Cc3c([nH]c4ccccc34)C(CCc3ccccc3)N2C(=O)CN1CCc1c[nH]c2ccccc12. The van der Waals surface area contributed by atoms with Gasteiger partial charge in [-0.2, -0.15) is 0 Å². The van der Waals surface area contributed by atoms with Gasteiger partial charge in [0, 0.05) is 46.7 Å². The molecule has 2 N–H and O–H groups in total. The predicted molar refractivity (Wildman–Crippen MR) is 149 cm³/mol. The Labute approximate surface area is 221 Å². The minimum absolute atomic E-state index is 0.0379. The molecule has 4 heterocycles. The van der Waals surface area contributed by atoms with E-state index >= 15 is 0 Å². The molecule has 190 valence electrons. The van der Waals surface area contributed by atoms with Gasteiger partial charge in [0.2, 0.25) is 11.8 Å². The van der Waals surface area contributed by atoms with E-state index in [-0.39, 0.29) is 24.4 Å². The molecule has 2 amide bonds. The van der Waals surface area contributed by atoms with Crippen molar-refractivity contribution in [2.24, 2.45) is 0 Å². The van der Waals surface area contributed by atoms with Crippen LogP contribution in [0.2, 0.25) is 0 Å². The number of H-pyrrole nitrogens is 2. The molecule has 0 bridgehead atoms. The number of hydrogen-bond donors (Lipinski definition) is 2. The summed E-state index contributed by atoms with van der Waals surface area (Å²) in [6.45, 7) is 0.668. The molecule has 7 rings (SSSR count). The van der Waals surface area contributed by atoms with Crippen molar-refractivity contribution in [2.75, 3.05) is 13.1 Å². The van der Waals surface area contributed by atoms with Gasteiger partial charge in [0.15, 0.2) is 0 Å². The Morgan fingerprint density at radius 1 is 0.816 bits per heavy atom. The van der Waals surface area contributed by atoms with Gasteiger partial charge in [-0.25, -0.2) is 0 Å². The zero-order valence-electron chi connectivity index (χ0n) is 21.2. The molecule has 2 aliphatic rings. The fraction of sp³-hybridized carbons (Fsp3) is 0.250. The van der Waals surface area contributed by atoms with Gasteiger partial charge in [-0.3, -0.25) is 9.59 Å². The molecule has 1 fully saturated rings. The van der Waals surface area contributed by atoms with Crippen molar-refractivity contribution in [3.63, 3.8) is 0 Å². The number of aromatic nitrogens is 2. The number of piperazine rings is 1. The molecule has 1 unspecified atom stereocenters. The molecule has 0 radical (unpaired) electrons. The molecule has 2 atom stereocenters. The van der Waals surface area contributed by atoms with Crippen LogP contribution in [0, 0.1) is 0 Å². The van der Waals surface area contributed by atoms with Crippen LogP contribution < -0.4 is 0 Å². The summed E-state index contributed by atoms with van der Waals surface area (Å²) < 4.78 is 0. The molecule has 1 saturated heterocycles. The number of nitrogens with one attached hydrogen (secondary N) is 2. The number of carbonyl (C=O) groups is 2. The average Bonchev–Trinajstić information content (AvgIpc) is 3.54. The number of amides is 2. The zero-order chi connectivity index (χ0) is 25.6. The Hall–Kier alpha value is -4.32. The molecular weight excluding hydrogens is 472 g/mol. The summed E-state index contributed by atoms with van der Waals surface area (Å²) in [5.41, 5.74) is 6.84. The number of para-hydroxylation sites is 2. The summed E-state index contributed by atoms with van der Waals surface area (Å²) >= 11 is 0.